The number of rotatable bonds is 0. The van der Waals surface area contributed by atoms with Gasteiger partial charge < -0.3 is 9.64 Å². The van der Waals surface area contributed by atoms with Crippen LogP contribution in [0.25, 0.3) is 0 Å². The van der Waals surface area contributed by atoms with Crippen molar-refractivity contribution in [1.82, 2.24) is 4.90 Å². The Kier molecular flexibility index (Phi) is 1.68. The van der Waals surface area contributed by atoms with Crippen LogP contribution in [-0.4, -0.2) is 29.7 Å². The van der Waals surface area contributed by atoms with Gasteiger partial charge in [-0.3, -0.25) is 4.79 Å². The molecule has 0 bridgehead atoms. The summed E-state index contributed by atoms with van der Waals surface area (Å²) in [4.78, 5) is 12.8. The smallest absolute Gasteiger partial charge is 0.250 e. The molecule has 1 fully saturated rings. The molecule has 1 heterocycles. The van der Waals surface area contributed by atoms with E-state index < -0.39 is 0 Å². The Labute approximate surface area is 61.0 Å². The molecule has 1 aliphatic rings. The SMILES string of the molecule is CC(C)(C)N1COCC1=O. The summed E-state index contributed by atoms with van der Waals surface area (Å²) in [5, 5.41) is 0. The van der Waals surface area contributed by atoms with Gasteiger partial charge >= 0.3 is 0 Å². The molecule has 0 aliphatic carbocycles. The number of carbonyl (C=O) groups excluding carboxylic acids is 1. The minimum Gasteiger partial charge on any atom is -0.351 e. The van der Waals surface area contributed by atoms with E-state index in [1.165, 1.54) is 0 Å². The van der Waals surface area contributed by atoms with Gasteiger partial charge in [-0.1, -0.05) is 0 Å². The van der Waals surface area contributed by atoms with E-state index in [0.717, 1.165) is 0 Å². The molecule has 0 aromatic carbocycles. The van der Waals surface area contributed by atoms with Crippen molar-refractivity contribution in [3.05, 3.63) is 0 Å². The zero-order valence-corrected chi connectivity index (χ0v) is 6.68. The molecule has 1 aliphatic heterocycles. The van der Waals surface area contributed by atoms with E-state index in [9.17, 15) is 4.79 Å². The summed E-state index contributed by atoms with van der Waals surface area (Å²) >= 11 is 0. The van der Waals surface area contributed by atoms with Crippen LogP contribution in [0.5, 0.6) is 0 Å². The number of nitrogens with zero attached hydrogens (tertiary/aromatic N) is 1. The molecule has 1 amide bonds. The van der Waals surface area contributed by atoms with Crippen LogP contribution in [0.2, 0.25) is 0 Å². The van der Waals surface area contributed by atoms with Gasteiger partial charge in [0.25, 0.3) is 5.91 Å². The monoisotopic (exact) mass is 143 g/mol. The predicted molar refractivity (Wildman–Crippen MR) is 37.4 cm³/mol. The van der Waals surface area contributed by atoms with Gasteiger partial charge in [0.1, 0.15) is 13.3 Å². The molecule has 58 valence electrons. The molecule has 3 nitrogen and oxygen atoms in total. The molecular weight excluding hydrogens is 130 g/mol. The molecule has 0 spiro atoms. The number of amides is 1. The highest BCUT2D eigenvalue weighted by atomic mass is 16.5. The van der Waals surface area contributed by atoms with Crippen molar-refractivity contribution in [1.29, 1.82) is 0 Å². The first-order chi connectivity index (χ1) is 4.52. The Hall–Kier alpha value is -0.570. The van der Waals surface area contributed by atoms with Crippen molar-refractivity contribution in [3.8, 4) is 0 Å². The summed E-state index contributed by atoms with van der Waals surface area (Å²) in [5.41, 5.74) is -0.0897. The van der Waals surface area contributed by atoms with E-state index in [2.05, 4.69) is 0 Å². The van der Waals surface area contributed by atoms with Crippen LogP contribution in [0.1, 0.15) is 20.8 Å². The van der Waals surface area contributed by atoms with Gasteiger partial charge in [0.05, 0.1) is 0 Å². The molecule has 10 heavy (non-hydrogen) atoms. The molecule has 0 saturated carbocycles. The fourth-order valence-corrected chi connectivity index (χ4v) is 0.942. The van der Waals surface area contributed by atoms with E-state index >= 15 is 0 Å². The standard InChI is InChI=1S/C7H13NO2/c1-7(2,3)8-5-10-4-6(8)9/h4-5H2,1-3H3. The van der Waals surface area contributed by atoms with E-state index in [1.54, 1.807) is 4.90 Å². The zero-order valence-electron chi connectivity index (χ0n) is 6.68. The van der Waals surface area contributed by atoms with Crippen LogP contribution in [0.15, 0.2) is 0 Å². The molecule has 0 unspecified atom stereocenters. The minimum atomic E-state index is -0.0897. The Balaban J connectivity index is 2.64. The molecule has 0 N–H and O–H groups in total. The van der Waals surface area contributed by atoms with E-state index in [0.29, 0.717) is 6.73 Å². The lowest BCUT2D eigenvalue weighted by Crippen LogP contribution is -2.42. The molecular formula is C7H13NO2. The quantitative estimate of drug-likeness (QED) is 0.497. The van der Waals surface area contributed by atoms with Crippen molar-refractivity contribution < 1.29 is 9.53 Å². The van der Waals surface area contributed by atoms with E-state index in [1.807, 2.05) is 20.8 Å². The highest BCUT2D eigenvalue weighted by molar-refractivity contribution is 5.79. The molecule has 0 aromatic heterocycles. The zero-order chi connectivity index (χ0) is 7.78. The second-order valence-electron chi connectivity index (χ2n) is 3.47. The van der Waals surface area contributed by atoms with Crippen LogP contribution in [0.4, 0.5) is 0 Å². The molecule has 0 aromatic rings. The second kappa shape index (κ2) is 2.23. The van der Waals surface area contributed by atoms with Crippen molar-refractivity contribution in [3.63, 3.8) is 0 Å². The Morgan fingerprint density at radius 3 is 2.30 bits per heavy atom. The van der Waals surface area contributed by atoms with E-state index in [4.69, 9.17) is 4.74 Å². The lowest BCUT2D eigenvalue weighted by atomic mass is 10.1. The summed E-state index contributed by atoms with van der Waals surface area (Å²) in [6.07, 6.45) is 0. The summed E-state index contributed by atoms with van der Waals surface area (Å²) in [6.45, 7) is 6.69. The highest BCUT2D eigenvalue weighted by Gasteiger charge is 2.30. The normalized spacial score (nSPS) is 20.3. The van der Waals surface area contributed by atoms with Crippen LogP contribution < -0.4 is 0 Å². The van der Waals surface area contributed by atoms with Gasteiger partial charge in [-0.05, 0) is 20.8 Å². The second-order valence-corrected chi connectivity index (χ2v) is 3.47. The van der Waals surface area contributed by atoms with Crippen LogP contribution in [0.3, 0.4) is 0 Å². The van der Waals surface area contributed by atoms with Gasteiger partial charge in [-0.25, -0.2) is 0 Å². The van der Waals surface area contributed by atoms with Gasteiger partial charge in [0.2, 0.25) is 0 Å². The molecule has 3 heteroatoms. The average Bonchev–Trinajstić information content (AvgIpc) is 2.11. The lowest BCUT2D eigenvalue weighted by Gasteiger charge is -2.29. The molecule has 1 saturated heterocycles. The first-order valence-corrected chi connectivity index (χ1v) is 3.40. The van der Waals surface area contributed by atoms with Crippen LogP contribution >= 0.6 is 0 Å². The largest absolute Gasteiger partial charge is 0.351 e. The number of hydrogen-bond donors (Lipinski definition) is 0. The van der Waals surface area contributed by atoms with Crippen LogP contribution in [0, 0.1) is 0 Å². The molecule has 1 rings (SSSR count). The first-order valence-electron chi connectivity index (χ1n) is 3.40. The first kappa shape index (κ1) is 7.54. The molecule has 0 atom stereocenters. The van der Waals surface area contributed by atoms with Gasteiger partial charge in [0, 0.05) is 5.54 Å². The van der Waals surface area contributed by atoms with E-state index in [-0.39, 0.29) is 18.1 Å². The maximum Gasteiger partial charge on any atom is 0.250 e. The Bertz CT molecular complexity index is 148. The summed E-state index contributed by atoms with van der Waals surface area (Å²) in [7, 11) is 0. The Morgan fingerprint density at radius 1 is 1.50 bits per heavy atom. The number of carbonyl (C=O) groups is 1. The van der Waals surface area contributed by atoms with Crippen molar-refractivity contribution in [2.24, 2.45) is 0 Å². The third kappa shape index (κ3) is 1.29. The predicted octanol–water partition coefficient (Wildman–Crippen LogP) is 0.601. The summed E-state index contributed by atoms with van der Waals surface area (Å²) in [5.74, 6) is 0.0903. The number of ether oxygens (including phenoxy) is 1. The third-order valence-corrected chi connectivity index (χ3v) is 1.56. The van der Waals surface area contributed by atoms with Gasteiger partial charge in [-0.2, -0.15) is 0 Å². The lowest BCUT2D eigenvalue weighted by molar-refractivity contribution is -0.130. The van der Waals surface area contributed by atoms with Crippen molar-refractivity contribution in [2.75, 3.05) is 13.3 Å². The summed E-state index contributed by atoms with van der Waals surface area (Å²) in [6, 6.07) is 0. The Morgan fingerprint density at radius 2 is 2.10 bits per heavy atom. The maximum absolute atomic E-state index is 11.0. The van der Waals surface area contributed by atoms with Crippen LogP contribution in [-0.2, 0) is 9.53 Å². The molecule has 0 radical (unpaired) electrons. The van der Waals surface area contributed by atoms with Gasteiger partial charge in [0.15, 0.2) is 0 Å². The van der Waals surface area contributed by atoms with Crippen molar-refractivity contribution in [2.45, 2.75) is 26.3 Å². The van der Waals surface area contributed by atoms with Gasteiger partial charge in [-0.15, -0.1) is 0 Å². The maximum atomic E-state index is 11.0. The van der Waals surface area contributed by atoms with Crippen molar-refractivity contribution >= 4 is 5.91 Å². The fraction of sp³-hybridized carbons (Fsp3) is 0.857. The number of hydrogen-bond acceptors (Lipinski definition) is 2. The fourth-order valence-electron chi connectivity index (χ4n) is 0.942. The summed E-state index contributed by atoms with van der Waals surface area (Å²) < 4.78 is 4.97. The third-order valence-electron chi connectivity index (χ3n) is 1.56. The minimum absolute atomic E-state index is 0.0897. The average molecular weight is 143 g/mol. The topological polar surface area (TPSA) is 29.5 Å². The highest BCUT2D eigenvalue weighted by Crippen LogP contribution is 2.16.